The molecule has 1 aliphatic carbocycles. The van der Waals surface area contributed by atoms with Crippen molar-refractivity contribution < 1.29 is 4.42 Å². The van der Waals surface area contributed by atoms with Crippen LogP contribution in [0.4, 0.5) is 0 Å². The number of rotatable bonds is 4. The molecule has 0 saturated heterocycles. The zero-order valence-corrected chi connectivity index (χ0v) is 12.0. The van der Waals surface area contributed by atoms with Gasteiger partial charge in [-0.3, -0.25) is 0 Å². The molecule has 1 aromatic heterocycles. The predicted molar refractivity (Wildman–Crippen MR) is 77.4 cm³/mol. The lowest BCUT2D eigenvalue weighted by atomic mass is 10.1. The van der Waals surface area contributed by atoms with E-state index in [1.54, 1.807) is 18.0 Å². The van der Waals surface area contributed by atoms with Crippen LogP contribution in [-0.2, 0) is 6.42 Å². The number of benzene rings is 1. The van der Waals surface area contributed by atoms with Crippen LogP contribution in [0.5, 0.6) is 0 Å². The van der Waals surface area contributed by atoms with Crippen LogP contribution in [0.3, 0.4) is 0 Å². The topological polar surface area (TPSA) is 38.1 Å². The first-order valence-electron chi connectivity index (χ1n) is 6.68. The fourth-order valence-electron chi connectivity index (χ4n) is 2.65. The number of hydrogen-bond acceptors (Lipinski definition) is 4. The Morgan fingerprint density at radius 3 is 3.00 bits per heavy atom. The van der Waals surface area contributed by atoms with Gasteiger partial charge in [-0.05, 0) is 31.0 Å². The minimum atomic E-state index is 0.387. The SMILES string of the molecule is CCNC1c2ccccc2CC1Sc1nc(C)co1. The molecule has 0 bridgehead atoms. The van der Waals surface area contributed by atoms with E-state index in [0.29, 0.717) is 11.3 Å². The highest BCUT2D eigenvalue weighted by atomic mass is 32.2. The molecule has 3 rings (SSSR count). The highest BCUT2D eigenvalue weighted by Gasteiger charge is 2.33. The van der Waals surface area contributed by atoms with E-state index in [9.17, 15) is 0 Å². The van der Waals surface area contributed by atoms with Crippen molar-refractivity contribution >= 4 is 11.8 Å². The average molecular weight is 274 g/mol. The number of aryl methyl sites for hydroxylation is 1. The molecule has 2 atom stereocenters. The van der Waals surface area contributed by atoms with Gasteiger partial charge < -0.3 is 9.73 Å². The summed E-state index contributed by atoms with van der Waals surface area (Å²) in [6, 6.07) is 9.07. The van der Waals surface area contributed by atoms with Gasteiger partial charge >= 0.3 is 0 Å². The first-order chi connectivity index (χ1) is 9.28. The van der Waals surface area contributed by atoms with Crippen molar-refractivity contribution in [2.75, 3.05) is 6.54 Å². The molecule has 2 aromatic rings. The van der Waals surface area contributed by atoms with E-state index in [0.717, 1.165) is 23.9 Å². The van der Waals surface area contributed by atoms with Crippen LogP contribution in [0.25, 0.3) is 0 Å². The third kappa shape index (κ3) is 2.55. The summed E-state index contributed by atoms with van der Waals surface area (Å²) < 4.78 is 5.48. The first-order valence-corrected chi connectivity index (χ1v) is 7.56. The summed E-state index contributed by atoms with van der Waals surface area (Å²) in [5.74, 6) is 0. The second-order valence-electron chi connectivity index (χ2n) is 4.85. The Kier molecular flexibility index (Phi) is 3.62. The van der Waals surface area contributed by atoms with Gasteiger partial charge in [0.15, 0.2) is 0 Å². The molecule has 3 nitrogen and oxygen atoms in total. The Morgan fingerprint density at radius 2 is 2.26 bits per heavy atom. The lowest BCUT2D eigenvalue weighted by Gasteiger charge is -2.19. The lowest BCUT2D eigenvalue weighted by molar-refractivity contribution is 0.450. The summed E-state index contributed by atoms with van der Waals surface area (Å²) in [5.41, 5.74) is 3.80. The highest BCUT2D eigenvalue weighted by Crippen LogP contribution is 2.40. The van der Waals surface area contributed by atoms with Crippen molar-refractivity contribution in [2.45, 2.75) is 36.8 Å². The van der Waals surface area contributed by atoms with Gasteiger partial charge in [0, 0.05) is 11.3 Å². The van der Waals surface area contributed by atoms with Crippen molar-refractivity contribution in [1.29, 1.82) is 0 Å². The van der Waals surface area contributed by atoms with E-state index < -0.39 is 0 Å². The van der Waals surface area contributed by atoms with Gasteiger partial charge in [0.05, 0.1) is 5.69 Å². The summed E-state index contributed by atoms with van der Waals surface area (Å²) in [5, 5.41) is 4.82. The third-order valence-corrected chi connectivity index (χ3v) is 4.59. The number of fused-ring (bicyclic) bond motifs is 1. The Hall–Kier alpha value is -1.26. The Bertz CT molecular complexity index is 567. The molecule has 1 aromatic carbocycles. The maximum Gasteiger partial charge on any atom is 0.256 e. The van der Waals surface area contributed by atoms with Gasteiger partial charge in [-0.1, -0.05) is 43.0 Å². The van der Waals surface area contributed by atoms with Crippen molar-refractivity contribution in [3.05, 3.63) is 47.3 Å². The number of thioether (sulfide) groups is 1. The molecule has 0 radical (unpaired) electrons. The van der Waals surface area contributed by atoms with Crippen LogP contribution in [0, 0.1) is 6.92 Å². The summed E-state index contributed by atoms with van der Waals surface area (Å²) in [4.78, 5) is 4.40. The van der Waals surface area contributed by atoms with Crippen LogP contribution in [0.1, 0.15) is 29.8 Å². The monoisotopic (exact) mass is 274 g/mol. The molecule has 0 saturated carbocycles. The highest BCUT2D eigenvalue weighted by molar-refractivity contribution is 7.99. The van der Waals surface area contributed by atoms with Gasteiger partial charge in [-0.25, -0.2) is 4.98 Å². The maximum absolute atomic E-state index is 5.48. The summed E-state index contributed by atoms with van der Waals surface area (Å²) in [7, 11) is 0. The molecule has 100 valence electrons. The number of nitrogens with zero attached hydrogens (tertiary/aromatic N) is 1. The van der Waals surface area contributed by atoms with Gasteiger partial charge in [-0.15, -0.1) is 0 Å². The first kappa shape index (κ1) is 12.8. The molecule has 2 unspecified atom stereocenters. The van der Waals surface area contributed by atoms with Gasteiger partial charge in [0.1, 0.15) is 6.26 Å². The zero-order chi connectivity index (χ0) is 13.2. The lowest BCUT2D eigenvalue weighted by Crippen LogP contribution is -2.26. The molecule has 1 aliphatic rings. The van der Waals surface area contributed by atoms with Crippen LogP contribution in [-0.4, -0.2) is 16.8 Å². The smallest absolute Gasteiger partial charge is 0.256 e. The van der Waals surface area contributed by atoms with Gasteiger partial charge in [0.25, 0.3) is 5.22 Å². The molecule has 19 heavy (non-hydrogen) atoms. The van der Waals surface area contributed by atoms with Crippen molar-refractivity contribution in [3.8, 4) is 0 Å². The predicted octanol–water partition coefficient (Wildman–Crippen LogP) is 3.35. The van der Waals surface area contributed by atoms with Crippen LogP contribution < -0.4 is 5.32 Å². The summed E-state index contributed by atoms with van der Waals surface area (Å²) >= 11 is 1.74. The molecule has 0 amide bonds. The van der Waals surface area contributed by atoms with Gasteiger partial charge in [0.2, 0.25) is 0 Å². The van der Waals surface area contributed by atoms with Gasteiger partial charge in [-0.2, -0.15) is 0 Å². The molecule has 0 fully saturated rings. The molecular formula is C15H18N2OS. The maximum atomic E-state index is 5.48. The summed E-state index contributed by atoms with van der Waals surface area (Å²) in [6.07, 6.45) is 2.78. The van der Waals surface area contributed by atoms with Crippen molar-refractivity contribution in [1.82, 2.24) is 10.3 Å². The molecular weight excluding hydrogens is 256 g/mol. The quantitative estimate of drug-likeness (QED) is 0.928. The second kappa shape index (κ2) is 5.39. The van der Waals surface area contributed by atoms with E-state index in [1.165, 1.54) is 11.1 Å². The van der Waals surface area contributed by atoms with Crippen molar-refractivity contribution in [3.63, 3.8) is 0 Å². The van der Waals surface area contributed by atoms with E-state index >= 15 is 0 Å². The minimum absolute atomic E-state index is 0.387. The van der Waals surface area contributed by atoms with Crippen LogP contribution >= 0.6 is 11.8 Å². The fourth-order valence-corrected chi connectivity index (χ4v) is 3.85. The number of oxazole rings is 1. The molecule has 4 heteroatoms. The van der Waals surface area contributed by atoms with E-state index in [-0.39, 0.29) is 0 Å². The zero-order valence-electron chi connectivity index (χ0n) is 11.2. The van der Waals surface area contributed by atoms with Crippen LogP contribution in [0.15, 0.2) is 40.2 Å². The Labute approximate surface area is 117 Å². The average Bonchev–Trinajstić information content (AvgIpc) is 2.96. The second-order valence-corrected chi connectivity index (χ2v) is 6.04. The fraction of sp³-hybridized carbons (Fsp3) is 0.400. The molecule has 1 heterocycles. The largest absolute Gasteiger partial charge is 0.440 e. The van der Waals surface area contributed by atoms with E-state index in [4.69, 9.17) is 4.42 Å². The number of nitrogens with one attached hydrogen (secondary N) is 1. The number of aromatic nitrogens is 1. The number of hydrogen-bond donors (Lipinski definition) is 1. The normalized spacial score (nSPS) is 21.6. The van der Waals surface area contributed by atoms with Crippen molar-refractivity contribution in [2.24, 2.45) is 0 Å². The Balaban J connectivity index is 1.82. The van der Waals surface area contributed by atoms with Crippen LogP contribution in [0.2, 0.25) is 0 Å². The molecule has 0 spiro atoms. The molecule has 1 N–H and O–H groups in total. The summed E-state index contributed by atoms with van der Waals surface area (Å²) in [6.45, 7) is 5.08. The van der Waals surface area contributed by atoms with E-state index in [1.807, 2.05) is 6.92 Å². The third-order valence-electron chi connectivity index (χ3n) is 3.46. The Morgan fingerprint density at radius 1 is 1.42 bits per heavy atom. The standard InChI is InChI=1S/C15H18N2OS/c1-3-16-14-12-7-5-4-6-11(12)8-13(14)19-15-17-10(2)9-18-15/h4-7,9,13-14,16H,3,8H2,1-2H3. The minimum Gasteiger partial charge on any atom is -0.440 e. The van der Waals surface area contributed by atoms with E-state index in [2.05, 4.69) is 41.5 Å². The molecule has 0 aliphatic heterocycles.